The van der Waals surface area contributed by atoms with Crippen LogP contribution in [0.25, 0.3) is 0 Å². The average Bonchev–Trinajstić information content (AvgIpc) is 3.02. The van der Waals surface area contributed by atoms with Crippen molar-refractivity contribution in [2.45, 2.75) is 18.9 Å². The number of benzene rings is 1. The van der Waals surface area contributed by atoms with Gasteiger partial charge in [-0.05, 0) is 31.0 Å². The van der Waals surface area contributed by atoms with E-state index in [0.717, 1.165) is 19.1 Å². The molecule has 0 heterocycles. The molecule has 0 amide bonds. The predicted molar refractivity (Wildman–Crippen MR) is 63.3 cm³/mol. The minimum Gasteiger partial charge on any atom is -0.489 e. The number of hydrogen-bond donors (Lipinski definition) is 1. The summed E-state index contributed by atoms with van der Waals surface area (Å²) in [5, 5.41) is 8.97. The number of rotatable bonds is 4. The monoisotopic (exact) mass is 252 g/mol. The fourth-order valence-electron chi connectivity index (χ4n) is 1.36. The van der Waals surface area contributed by atoms with Gasteiger partial charge in [-0.25, -0.2) is 8.42 Å². The van der Waals surface area contributed by atoms with Crippen LogP contribution in [0.15, 0.2) is 18.2 Å². The largest absolute Gasteiger partial charge is 0.489 e. The lowest BCUT2D eigenvalue weighted by Gasteiger charge is -2.09. The van der Waals surface area contributed by atoms with Crippen LogP contribution in [-0.2, 0) is 10.0 Å². The van der Waals surface area contributed by atoms with Gasteiger partial charge in [0.2, 0.25) is 10.0 Å². The molecule has 1 aliphatic carbocycles. The molecule has 0 bridgehead atoms. The minimum atomic E-state index is -3.33. The van der Waals surface area contributed by atoms with Gasteiger partial charge in [0.05, 0.1) is 23.6 Å². The van der Waals surface area contributed by atoms with E-state index in [0.29, 0.717) is 17.0 Å². The summed E-state index contributed by atoms with van der Waals surface area (Å²) < 4.78 is 29.9. The van der Waals surface area contributed by atoms with Crippen LogP contribution in [0.3, 0.4) is 0 Å². The number of nitrogens with one attached hydrogen (secondary N) is 1. The van der Waals surface area contributed by atoms with Crippen LogP contribution in [0, 0.1) is 11.3 Å². The molecule has 1 fully saturated rings. The van der Waals surface area contributed by atoms with Crippen LogP contribution in [-0.4, -0.2) is 20.8 Å². The maximum absolute atomic E-state index is 11.0. The van der Waals surface area contributed by atoms with E-state index in [4.69, 9.17) is 10.00 Å². The molecule has 0 aromatic heterocycles. The summed E-state index contributed by atoms with van der Waals surface area (Å²) in [4.78, 5) is 0. The smallest absolute Gasteiger partial charge is 0.229 e. The van der Waals surface area contributed by atoms with Crippen molar-refractivity contribution in [1.29, 1.82) is 5.26 Å². The summed E-state index contributed by atoms with van der Waals surface area (Å²) in [7, 11) is -3.33. The van der Waals surface area contributed by atoms with Crippen molar-refractivity contribution in [3.05, 3.63) is 23.8 Å². The van der Waals surface area contributed by atoms with E-state index in [2.05, 4.69) is 4.72 Å². The van der Waals surface area contributed by atoms with Crippen LogP contribution in [0.2, 0.25) is 0 Å². The molecule has 17 heavy (non-hydrogen) atoms. The summed E-state index contributed by atoms with van der Waals surface area (Å²) in [5.74, 6) is 0.508. The van der Waals surface area contributed by atoms with Gasteiger partial charge < -0.3 is 4.74 Å². The third-order valence-corrected chi connectivity index (χ3v) is 2.83. The first kappa shape index (κ1) is 11.7. The van der Waals surface area contributed by atoms with Crippen molar-refractivity contribution >= 4 is 15.7 Å². The van der Waals surface area contributed by atoms with Gasteiger partial charge in [0.25, 0.3) is 0 Å². The zero-order valence-electron chi connectivity index (χ0n) is 9.30. The molecule has 0 saturated heterocycles. The number of hydrogen-bond acceptors (Lipinski definition) is 4. The van der Waals surface area contributed by atoms with Gasteiger partial charge in [0, 0.05) is 0 Å². The first-order valence-electron chi connectivity index (χ1n) is 5.16. The van der Waals surface area contributed by atoms with Crippen LogP contribution >= 0.6 is 0 Å². The van der Waals surface area contributed by atoms with Gasteiger partial charge in [-0.15, -0.1) is 0 Å². The van der Waals surface area contributed by atoms with Crippen molar-refractivity contribution in [2.24, 2.45) is 0 Å². The highest BCUT2D eigenvalue weighted by molar-refractivity contribution is 7.92. The number of nitriles is 1. The van der Waals surface area contributed by atoms with Crippen LogP contribution in [0.4, 0.5) is 5.69 Å². The standard InChI is InChI=1S/C11H12N2O3S/c1-17(14,15)13-9-2-5-11(8(6-9)7-12)16-10-3-4-10/h2,5-6,10,13H,3-4H2,1H3. The Bertz CT molecular complexity index is 571. The second-order valence-corrected chi connectivity index (χ2v) is 5.76. The Morgan fingerprint density at radius 1 is 1.47 bits per heavy atom. The van der Waals surface area contributed by atoms with E-state index in [1.165, 1.54) is 6.07 Å². The third-order valence-electron chi connectivity index (χ3n) is 2.22. The Hall–Kier alpha value is -1.74. The highest BCUT2D eigenvalue weighted by Crippen LogP contribution is 2.30. The highest BCUT2D eigenvalue weighted by atomic mass is 32.2. The second-order valence-electron chi connectivity index (χ2n) is 4.01. The summed E-state index contributed by atoms with van der Waals surface area (Å²) >= 11 is 0. The molecular weight excluding hydrogens is 240 g/mol. The molecule has 0 atom stereocenters. The molecule has 90 valence electrons. The lowest BCUT2D eigenvalue weighted by Crippen LogP contribution is -2.09. The van der Waals surface area contributed by atoms with E-state index in [1.54, 1.807) is 12.1 Å². The van der Waals surface area contributed by atoms with Gasteiger partial charge >= 0.3 is 0 Å². The molecule has 1 aromatic rings. The first-order chi connectivity index (χ1) is 7.98. The Morgan fingerprint density at radius 3 is 2.71 bits per heavy atom. The van der Waals surface area contributed by atoms with E-state index in [1.807, 2.05) is 6.07 Å². The minimum absolute atomic E-state index is 0.204. The van der Waals surface area contributed by atoms with Gasteiger partial charge in [-0.1, -0.05) is 0 Å². The van der Waals surface area contributed by atoms with Crippen molar-refractivity contribution < 1.29 is 13.2 Å². The zero-order chi connectivity index (χ0) is 12.5. The second kappa shape index (κ2) is 4.26. The van der Waals surface area contributed by atoms with E-state index in [-0.39, 0.29) is 6.10 Å². The first-order valence-corrected chi connectivity index (χ1v) is 7.06. The van der Waals surface area contributed by atoms with Crippen molar-refractivity contribution in [2.75, 3.05) is 11.0 Å². The Balaban J connectivity index is 2.24. The number of nitrogens with zero attached hydrogens (tertiary/aromatic N) is 1. The van der Waals surface area contributed by atoms with Crippen molar-refractivity contribution in [3.63, 3.8) is 0 Å². The van der Waals surface area contributed by atoms with Gasteiger partial charge in [-0.3, -0.25) is 4.72 Å². The normalized spacial score (nSPS) is 15.1. The predicted octanol–water partition coefficient (Wildman–Crippen LogP) is 1.47. The lowest BCUT2D eigenvalue weighted by atomic mass is 10.2. The molecule has 1 saturated carbocycles. The SMILES string of the molecule is CS(=O)(=O)Nc1ccc(OC2CC2)c(C#N)c1. The summed E-state index contributed by atoms with van der Waals surface area (Å²) in [5.41, 5.74) is 0.706. The number of sulfonamides is 1. The quantitative estimate of drug-likeness (QED) is 0.880. The molecule has 0 radical (unpaired) electrons. The molecule has 5 nitrogen and oxygen atoms in total. The maximum atomic E-state index is 11.0. The average molecular weight is 252 g/mol. The summed E-state index contributed by atoms with van der Waals surface area (Å²) in [6.07, 6.45) is 3.28. The lowest BCUT2D eigenvalue weighted by molar-refractivity contribution is 0.302. The molecule has 0 aliphatic heterocycles. The molecular formula is C11H12N2O3S. The molecule has 1 aliphatic rings. The third kappa shape index (κ3) is 3.36. The summed E-state index contributed by atoms with van der Waals surface area (Å²) in [6, 6.07) is 6.66. The molecule has 0 unspecified atom stereocenters. The zero-order valence-corrected chi connectivity index (χ0v) is 10.1. The molecule has 6 heteroatoms. The Labute approximate surface area is 100 Å². The van der Waals surface area contributed by atoms with Gasteiger partial charge in [-0.2, -0.15) is 5.26 Å². The molecule has 1 N–H and O–H groups in total. The molecule has 0 spiro atoms. The van der Waals surface area contributed by atoms with Crippen molar-refractivity contribution in [1.82, 2.24) is 0 Å². The number of ether oxygens (including phenoxy) is 1. The topological polar surface area (TPSA) is 79.2 Å². The summed E-state index contributed by atoms with van der Waals surface area (Å²) in [6.45, 7) is 0. The Morgan fingerprint density at radius 2 is 2.18 bits per heavy atom. The fourth-order valence-corrected chi connectivity index (χ4v) is 1.92. The molecule has 1 aromatic carbocycles. The molecule has 2 rings (SSSR count). The van der Waals surface area contributed by atoms with Crippen LogP contribution in [0.5, 0.6) is 5.75 Å². The van der Waals surface area contributed by atoms with Gasteiger partial charge in [0.15, 0.2) is 0 Å². The van der Waals surface area contributed by atoms with E-state index in [9.17, 15) is 8.42 Å². The van der Waals surface area contributed by atoms with Crippen LogP contribution in [0.1, 0.15) is 18.4 Å². The van der Waals surface area contributed by atoms with Gasteiger partial charge in [0.1, 0.15) is 11.8 Å². The van der Waals surface area contributed by atoms with E-state index >= 15 is 0 Å². The maximum Gasteiger partial charge on any atom is 0.229 e. The highest BCUT2D eigenvalue weighted by Gasteiger charge is 2.24. The van der Waals surface area contributed by atoms with E-state index < -0.39 is 10.0 Å². The van der Waals surface area contributed by atoms with Crippen LogP contribution < -0.4 is 9.46 Å². The van der Waals surface area contributed by atoms with Crippen molar-refractivity contribution in [3.8, 4) is 11.8 Å². The number of anilines is 1. The Kier molecular flexibility index (Phi) is 2.94. The fraction of sp³-hybridized carbons (Fsp3) is 0.364.